The fourth-order valence-electron chi connectivity index (χ4n) is 4.08. The summed E-state index contributed by atoms with van der Waals surface area (Å²) in [5, 5.41) is 3.09. The Morgan fingerprint density at radius 2 is 1.97 bits per heavy atom. The molecule has 2 aromatic rings. The number of piperidine rings is 1. The molecular weight excluding hydrogens is 424 g/mol. The van der Waals surface area contributed by atoms with Gasteiger partial charge in [0.2, 0.25) is 15.9 Å². The van der Waals surface area contributed by atoms with Gasteiger partial charge in [0.05, 0.1) is 17.4 Å². The van der Waals surface area contributed by atoms with Crippen molar-refractivity contribution in [3.8, 4) is 5.75 Å². The molecule has 2 atom stereocenters. The van der Waals surface area contributed by atoms with Crippen molar-refractivity contribution in [3.63, 3.8) is 0 Å². The third-order valence-electron chi connectivity index (χ3n) is 5.94. The van der Waals surface area contributed by atoms with E-state index >= 15 is 0 Å². The maximum Gasteiger partial charge on any atom is 0.243 e. The highest BCUT2D eigenvalue weighted by molar-refractivity contribution is 7.89. The van der Waals surface area contributed by atoms with Gasteiger partial charge in [-0.25, -0.2) is 8.42 Å². The van der Waals surface area contributed by atoms with E-state index in [-0.39, 0.29) is 29.3 Å². The molecule has 32 heavy (non-hydrogen) atoms. The first kappa shape index (κ1) is 24.3. The van der Waals surface area contributed by atoms with Crippen molar-refractivity contribution in [2.75, 3.05) is 19.7 Å². The Labute approximate surface area is 192 Å². The first-order chi connectivity index (χ1) is 15.3. The molecule has 0 aromatic heterocycles. The van der Waals surface area contributed by atoms with E-state index < -0.39 is 10.0 Å². The summed E-state index contributed by atoms with van der Waals surface area (Å²) in [6, 6.07) is 15.2. The summed E-state index contributed by atoms with van der Waals surface area (Å²) < 4.78 is 33.4. The first-order valence-electron chi connectivity index (χ1n) is 11.4. The van der Waals surface area contributed by atoms with E-state index in [1.54, 1.807) is 18.2 Å². The van der Waals surface area contributed by atoms with Gasteiger partial charge in [0.15, 0.2) is 0 Å². The number of hydrogen-bond donors (Lipinski definition) is 1. The number of nitrogens with zero attached hydrogens (tertiary/aromatic N) is 1. The standard InChI is InChI=1S/C25H34N2O4S/c1-4-31-24-15-14-23(17-19(24)2)32(29,30)27-16-8-11-22(18-27)25(28)26-20(3)12-13-21-9-6-5-7-10-21/h5-7,9-10,14-15,17,20,22H,4,8,11-13,16,18H2,1-3H3,(H,26,28)/t20-,22+/m0/s1. The first-order valence-corrected chi connectivity index (χ1v) is 12.8. The Kier molecular flexibility index (Phi) is 8.32. The van der Waals surface area contributed by atoms with Gasteiger partial charge in [0.1, 0.15) is 5.75 Å². The molecule has 1 saturated heterocycles. The van der Waals surface area contributed by atoms with Crippen LogP contribution in [0.25, 0.3) is 0 Å². The molecule has 1 aliphatic heterocycles. The number of ether oxygens (including phenoxy) is 1. The van der Waals surface area contributed by atoms with Crippen LogP contribution in [0.3, 0.4) is 0 Å². The van der Waals surface area contributed by atoms with E-state index in [9.17, 15) is 13.2 Å². The van der Waals surface area contributed by atoms with Gasteiger partial charge in [-0.15, -0.1) is 0 Å². The van der Waals surface area contributed by atoms with E-state index in [0.29, 0.717) is 31.7 Å². The third-order valence-corrected chi connectivity index (χ3v) is 7.80. The minimum absolute atomic E-state index is 0.0310. The number of amides is 1. The van der Waals surface area contributed by atoms with Crippen molar-refractivity contribution in [1.82, 2.24) is 9.62 Å². The number of hydrogen-bond acceptors (Lipinski definition) is 4. The number of rotatable bonds is 9. The highest BCUT2D eigenvalue weighted by Crippen LogP contribution is 2.27. The number of nitrogens with one attached hydrogen (secondary N) is 1. The fourth-order valence-corrected chi connectivity index (χ4v) is 5.69. The second kappa shape index (κ2) is 11.0. The third kappa shape index (κ3) is 6.11. The van der Waals surface area contributed by atoms with Crippen LogP contribution in [0.2, 0.25) is 0 Å². The molecule has 6 nitrogen and oxygen atoms in total. The lowest BCUT2D eigenvalue weighted by Crippen LogP contribution is -2.47. The second-order valence-electron chi connectivity index (χ2n) is 8.50. The normalized spacial score (nSPS) is 18.2. The van der Waals surface area contributed by atoms with Crippen LogP contribution in [0.15, 0.2) is 53.4 Å². The molecule has 2 aromatic carbocycles. The quantitative estimate of drug-likeness (QED) is 0.618. The van der Waals surface area contributed by atoms with Crippen LogP contribution < -0.4 is 10.1 Å². The Morgan fingerprint density at radius 3 is 2.66 bits per heavy atom. The molecule has 1 aliphatic rings. The van der Waals surface area contributed by atoms with Crippen LogP contribution >= 0.6 is 0 Å². The van der Waals surface area contributed by atoms with E-state index in [0.717, 1.165) is 18.4 Å². The molecule has 7 heteroatoms. The monoisotopic (exact) mass is 458 g/mol. The molecule has 1 heterocycles. The van der Waals surface area contributed by atoms with Crippen LogP contribution in [0.5, 0.6) is 5.75 Å². The lowest BCUT2D eigenvalue weighted by Gasteiger charge is -2.32. The number of sulfonamides is 1. The molecular formula is C25H34N2O4S. The van der Waals surface area contributed by atoms with Crippen molar-refractivity contribution in [2.24, 2.45) is 5.92 Å². The van der Waals surface area contributed by atoms with E-state index in [1.165, 1.54) is 9.87 Å². The van der Waals surface area contributed by atoms with Crippen LogP contribution in [0, 0.1) is 12.8 Å². The topological polar surface area (TPSA) is 75.7 Å². The molecule has 1 N–H and O–H groups in total. The van der Waals surface area contributed by atoms with Gasteiger partial charge in [0, 0.05) is 19.1 Å². The summed E-state index contributed by atoms with van der Waals surface area (Å²) in [4.78, 5) is 13.1. The van der Waals surface area contributed by atoms with Gasteiger partial charge in [0.25, 0.3) is 0 Å². The van der Waals surface area contributed by atoms with Crippen LogP contribution in [-0.4, -0.2) is 44.4 Å². The zero-order valence-electron chi connectivity index (χ0n) is 19.2. The van der Waals surface area contributed by atoms with Gasteiger partial charge < -0.3 is 10.1 Å². The summed E-state index contributed by atoms with van der Waals surface area (Å²) in [6.45, 7) is 6.91. The number of aryl methyl sites for hydroxylation is 2. The van der Waals surface area contributed by atoms with Crippen LogP contribution in [-0.2, 0) is 21.2 Å². The molecule has 0 unspecified atom stereocenters. The van der Waals surface area contributed by atoms with Crippen molar-refractivity contribution >= 4 is 15.9 Å². The average molecular weight is 459 g/mol. The summed E-state index contributed by atoms with van der Waals surface area (Å²) >= 11 is 0. The zero-order chi connectivity index (χ0) is 23.1. The number of carbonyl (C=O) groups excluding carboxylic acids is 1. The Balaban J connectivity index is 1.60. The van der Waals surface area contributed by atoms with Gasteiger partial charge in [-0.3, -0.25) is 4.79 Å². The van der Waals surface area contributed by atoms with Crippen molar-refractivity contribution < 1.29 is 17.9 Å². The summed E-state index contributed by atoms with van der Waals surface area (Å²) in [6.07, 6.45) is 3.11. The van der Waals surface area contributed by atoms with Gasteiger partial charge in [-0.1, -0.05) is 30.3 Å². The smallest absolute Gasteiger partial charge is 0.243 e. The van der Waals surface area contributed by atoms with Gasteiger partial charge in [-0.2, -0.15) is 4.31 Å². The lowest BCUT2D eigenvalue weighted by atomic mass is 9.98. The average Bonchev–Trinajstić information content (AvgIpc) is 2.80. The molecule has 1 amide bonds. The van der Waals surface area contributed by atoms with Gasteiger partial charge in [-0.05, 0) is 75.8 Å². The summed E-state index contributed by atoms with van der Waals surface area (Å²) in [5.74, 6) is 0.293. The summed E-state index contributed by atoms with van der Waals surface area (Å²) in [7, 11) is -3.66. The maximum atomic E-state index is 13.2. The van der Waals surface area contributed by atoms with E-state index in [1.807, 2.05) is 39.0 Å². The second-order valence-corrected chi connectivity index (χ2v) is 10.4. The van der Waals surface area contributed by atoms with Crippen LogP contribution in [0.1, 0.15) is 44.2 Å². The predicted octanol–water partition coefficient (Wildman–Crippen LogP) is 3.93. The lowest BCUT2D eigenvalue weighted by molar-refractivity contribution is -0.126. The number of carbonyl (C=O) groups is 1. The SMILES string of the molecule is CCOc1ccc(S(=O)(=O)N2CCC[C@@H](C(=O)N[C@@H](C)CCc3ccccc3)C2)cc1C. The molecule has 3 rings (SSSR count). The molecule has 0 saturated carbocycles. The Morgan fingerprint density at radius 1 is 1.22 bits per heavy atom. The highest BCUT2D eigenvalue weighted by Gasteiger charge is 2.33. The fraction of sp³-hybridized carbons (Fsp3) is 0.480. The molecule has 1 fully saturated rings. The summed E-state index contributed by atoms with van der Waals surface area (Å²) in [5.41, 5.74) is 2.03. The van der Waals surface area contributed by atoms with E-state index in [2.05, 4.69) is 17.4 Å². The van der Waals surface area contributed by atoms with Crippen molar-refractivity contribution in [3.05, 3.63) is 59.7 Å². The maximum absolute atomic E-state index is 13.2. The molecule has 0 spiro atoms. The Bertz CT molecular complexity index is 1010. The molecule has 174 valence electrons. The minimum atomic E-state index is -3.66. The molecule has 0 radical (unpaired) electrons. The number of benzene rings is 2. The largest absolute Gasteiger partial charge is 0.494 e. The molecule has 0 aliphatic carbocycles. The highest BCUT2D eigenvalue weighted by atomic mass is 32.2. The Hall–Kier alpha value is -2.38. The van der Waals surface area contributed by atoms with Crippen LogP contribution in [0.4, 0.5) is 0 Å². The molecule has 0 bridgehead atoms. The zero-order valence-corrected chi connectivity index (χ0v) is 20.0. The van der Waals surface area contributed by atoms with E-state index in [4.69, 9.17) is 4.74 Å². The van der Waals surface area contributed by atoms with Gasteiger partial charge >= 0.3 is 0 Å². The minimum Gasteiger partial charge on any atom is -0.494 e. The van der Waals surface area contributed by atoms with Crippen molar-refractivity contribution in [2.45, 2.75) is 57.4 Å². The predicted molar refractivity (Wildman–Crippen MR) is 126 cm³/mol. The van der Waals surface area contributed by atoms with Crippen molar-refractivity contribution in [1.29, 1.82) is 0 Å².